The van der Waals surface area contributed by atoms with Crippen LogP contribution in [0.1, 0.15) is 38.7 Å². The van der Waals surface area contributed by atoms with Crippen LogP contribution in [0.15, 0.2) is 30.3 Å². The van der Waals surface area contributed by atoms with Crippen molar-refractivity contribution < 1.29 is 23.9 Å². The quantitative estimate of drug-likeness (QED) is 0.713. The summed E-state index contributed by atoms with van der Waals surface area (Å²) in [5.74, 6) is -0.931. The molecule has 1 saturated heterocycles. The summed E-state index contributed by atoms with van der Waals surface area (Å²) in [5, 5.41) is 1.73. The van der Waals surface area contributed by atoms with Crippen molar-refractivity contribution in [2.75, 3.05) is 13.7 Å². The van der Waals surface area contributed by atoms with Crippen LogP contribution in [0.3, 0.4) is 0 Å². The van der Waals surface area contributed by atoms with Gasteiger partial charge in [-0.3, -0.25) is 9.63 Å². The van der Waals surface area contributed by atoms with E-state index in [9.17, 15) is 9.59 Å². The number of nitrogens with zero attached hydrogens (tertiary/aromatic N) is 1. The Bertz CT molecular complexity index is 562. The number of hydrogen-bond acceptors (Lipinski definition) is 6. The third kappa shape index (κ3) is 4.13. The lowest BCUT2D eigenvalue weighted by molar-refractivity contribution is -0.243. The van der Waals surface area contributed by atoms with Crippen LogP contribution in [0.5, 0.6) is 0 Å². The van der Waals surface area contributed by atoms with E-state index < -0.39 is 23.6 Å². The lowest BCUT2D eigenvalue weighted by atomic mass is 9.90. The SMILES string of the molecule is CCC[C@H](OC(C)=O)[C@@]1(C(=O)OC)CCN(Cc2ccccc2)O1. The van der Waals surface area contributed by atoms with Crippen LogP contribution in [0.4, 0.5) is 0 Å². The van der Waals surface area contributed by atoms with E-state index in [4.69, 9.17) is 14.3 Å². The van der Waals surface area contributed by atoms with Crippen molar-refractivity contribution in [3.63, 3.8) is 0 Å². The van der Waals surface area contributed by atoms with Gasteiger partial charge in [0.1, 0.15) is 6.10 Å². The summed E-state index contributed by atoms with van der Waals surface area (Å²) in [6.45, 7) is 4.42. The van der Waals surface area contributed by atoms with Gasteiger partial charge in [-0.05, 0) is 12.0 Å². The molecule has 0 saturated carbocycles. The minimum Gasteiger partial charge on any atom is -0.467 e. The summed E-state index contributed by atoms with van der Waals surface area (Å²) < 4.78 is 10.4. The minimum atomic E-state index is -1.27. The van der Waals surface area contributed by atoms with E-state index in [1.54, 1.807) is 5.06 Å². The van der Waals surface area contributed by atoms with Crippen LogP contribution in [0.25, 0.3) is 0 Å². The molecule has 1 aliphatic heterocycles. The van der Waals surface area contributed by atoms with Crippen molar-refractivity contribution in [1.82, 2.24) is 5.06 Å². The minimum absolute atomic E-state index is 0.421. The van der Waals surface area contributed by atoms with E-state index in [0.29, 0.717) is 25.9 Å². The predicted octanol–water partition coefficient (Wildman–Crippen LogP) is 2.47. The Morgan fingerprint density at radius 1 is 1.33 bits per heavy atom. The van der Waals surface area contributed by atoms with Gasteiger partial charge < -0.3 is 9.47 Å². The highest BCUT2D eigenvalue weighted by atomic mass is 16.7. The van der Waals surface area contributed by atoms with E-state index in [2.05, 4.69) is 0 Å². The van der Waals surface area contributed by atoms with Crippen LogP contribution in [-0.2, 0) is 30.4 Å². The monoisotopic (exact) mass is 335 g/mol. The van der Waals surface area contributed by atoms with Gasteiger partial charge in [0.05, 0.1) is 7.11 Å². The Labute approximate surface area is 142 Å². The van der Waals surface area contributed by atoms with Gasteiger partial charge >= 0.3 is 11.9 Å². The molecule has 2 rings (SSSR count). The Balaban J connectivity index is 2.19. The molecule has 132 valence electrons. The third-order valence-corrected chi connectivity index (χ3v) is 4.14. The molecule has 1 fully saturated rings. The Kier molecular flexibility index (Phi) is 6.34. The highest BCUT2D eigenvalue weighted by molar-refractivity contribution is 5.81. The van der Waals surface area contributed by atoms with Gasteiger partial charge in [-0.2, -0.15) is 5.06 Å². The second kappa shape index (κ2) is 8.26. The van der Waals surface area contributed by atoms with E-state index >= 15 is 0 Å². The smallest absolute Gasteiger partial charge is 0.344 e. The van der Waals surface area contributed by atoms with Crippen molar-refractivity contribution in [2.45, 2.75) is 51.4 Å². The van der Waals surface area contributed by atoms with E-state index in [1.807, 2.05) is 37.3 Å². The van der Waals surface area contributed by atoms with Gasteiger partial charge in [0, 0.05) is 26.4 Å². The van der Waals surface area contributed by atoms with Crippen molar-refractivity contribution in [3.8, 4) is 0 Å². The van der Waals surface area contributed by atoms with Crippen molar-refractivity contribution in [3.05, 3.63) is 35.9 Å². The second-order valence-corrected chi connectivity index (χ2v) is 5.96. The highest BCUT2D eigenvalue weighted by Crippen LogP contribution is 2.35. The third-order valence-electron chi connectivity index (χ3n) is 4.14. The molecule has 6 nitrogen and oxygen atoms in total. The maximum atomic E-state index is 12.5. The van der Waals surface area contributed by atoms with E-state index in [0.717, 1.165) is 12.0 Å². The molecule has 0 spiro atoms. The zero-order chi connectivity index (χ0) is 17.6. The summed E-state index contributed by atoms with van der Waals surface area (Å²) >= 11 is 0. The molecule has 1 aromatic rings. The average molecular weight is 335 g/mol. The van der Waals surface area contributed by atoms with Crippen LogP contribution < -0.4 is 0 Å². The fourth-order valence-electron chi connectivity index (χ4n) is 3.02. The Morgan fingerprint density at radius 3 is 2.62 bits per heavy atom. The second-order valence-electron chi connectivity index (χ2n) is 5.96. The summed E-state index contributed by atoms with van der Waals surface area (Å²) in [6.07, 6.45) is 1.06. The first-order valence-electron chi connectivity index (χ1n) is 8.25. The number of methoxy groups -OCH3 is 1. The number of carbonyl (C=O) groups is 2. The van der Waals surface area contributed by atoms with Gasteiger partial charge in [-0.25, -0.2) is 4.79 Å². The normalized spacial score (nSPS) is 22.1. The van der Waals surface area contributed by atoms with Crippen LogP contribution in [0.2, 0.25) is 0 Å². The molecule has 2 atom stereocenters. The first-order valence-corrected chi connectivity index (χ1v) is 8.25. The van der Waals surface area contributed by atoms with Crippen molar-refractivity contribution in [1.29, 1.82) is 0 Å². The lowest BCUT2D eigenvalue weighted by Gasteiger charge is -2.33. The van der Waals surface area contributed by atoms with Gasteiger partial charge in [0.25, 0.3) is 0 Å². The number of carbonyl (C=O) groups excluding carboxylic acids is 2. The first kappa shape index (κ1) is 18.4. The van der Waals surface area contributed by atoms with Gasteiger partial charge in [0.2, 0.25) is 5.60 Å². The molecule has 0 radical (unpaired) electrons. The molecule has 0 amide bonds. The molecule has 1 aliphatic rings. The largest absolute Gasteiger partial charge is 0.467 e. The topological polar surface area (TPSA) is 65.1 Å². The van der Waals surface area contributed by atoms with E-state index in [1.165, 1.54) is 14.0 Å². The predicted molar refractivity (Wildman–Crippen MR) is 87.8 cm³/mol. The zero-order valence-electron chi connectivity index (χ0n) is 14.5. The Hall–Kier alpha value is -1.92. The summed E-state index contributed by atoms with van der Waals surface area (Å²) in [5.41, 5.74) is -0.191. The Morgan fingerprint density at radius 2 is 2.04 bits per heavy atom. The molecule has 1 aromatic carbocycles. The van der Waals surface area contributed by atoms with E-state index in [-0.39, 0.29) is 0 Å². The summed E-state index contributed by atoms with van der Waals surface area (Å²) in [7, 11) is 1.32. The van der Waals surface area contributed by atoms with Gasteiger partial charge in [0.15, 0.2) is 0 Å². The van der Waals surface area contributed by atoms with Gasteiger partial charge in [-0.1, -0.05) is 43.7 Å². The molecule has 0 aromatic heterocycles. The summed E-state index contributed by atoms with van der Waals surface area (Å²) in [4.78, 5) is 29.9. The number of rotatable bonds is 7. The molecule has 1 heterocycles. The number of benzene rings is 1. The van der Waals surface area contributed by atoms with Gasteiger partial charge in [-0.15, -0.1) is 0 Å². The summed E-state index contributed by atoms with van der Waals surface area (Å²) in [6, 6.07) is 9.86. The van der Waals surface area contributed by atoms with Crippen LogP contribution in [-0.4, -0.2) is 42.4 Å². The molecular formula is C18H25NO5. The zero-order valence-corrected chi connectivity index (χ0v) is 14.5. The van der Waals surface area contributed by atoms with Crippen molar-refractivity contribution in [2.24, 2.45) is 0 Å². The molecular weight excluding hydrogens is 310 g/mol. The molecule has 0 aliphatic carbocycles. The standard InChI is InChI=1S/C18H25NO5/c1-4-8-16(23-14(2)20)18(17(21)22-3)11-12-19(24-18)13-15-9-6-5-7-10-15/h5-7,9-10,16H,4,8,11-13H2,1-3H3/t16-,18+/m0/s1. The molecule has 0 unspecified atom stereocenters. The lowest BCUT2D eigenvalue weighted by Crippen LogP contribution is -2.52. The molecule has 0 bridgehead atoms. The average Bonchev–Trinajstić information content (AvgIpc) is 2.99. The molecule has 6 heteroatoms. The fraction of sp³-hybridized carbons (Fsp3) is 0.556. The number of hydrogen-bond donors (Lipinski definition) is 0. The van der Waals surface area contributed by atoms with Crippen LogP contribution >= 0.6 is 0 Å². The highest BCUT2D eigenvalue weighted by Gasteiger charge is 2.55. The number of ether oxygens (including phenoxy) is 2. The maximum absolute atomic E-state index is 12.5. The fourth-order valence-corrected chi connectivity index (χ4v) is 3.02. The maximum Gasteiger partial charge on any atom is 0.344 e. The van der Waals surface area contributed by atoms with Crippen LogP contribution in [0, 0.1) is 0 Å². The number of hydroxylamine groups is 2. The van der Waals surface area contributed by atoms with Crippen molar-refractivity contribution >= 4 is 11.9 Å². The molecule has 24 heavy (non-hydrogen) atoms. The molecule has 0 N–H and O–H groups in total. The number of esters is 2. The first-order chi connectivity index (χ1) is 11.5.